The highest BCUT2D eigenvalue weighted by atomic mass is 16.6. The summed E-state index contributed by atoms with van der Waals surface area (Å²) < 4.78 is 16.8. The minimum atomic E-state index is -0.763. The van der Waals surface area contributed by atoms with Crippen molar-refractivity contribution in [2.24, 2.45) is 17.8 Å². The molecule has 0 aliphatic heterocycles. The molecule has 0 N–H and O–H groups in total. The van der Waals surface area contributed by atoms with Crippen LogP contribution in [0.2, 0.25) is 0 Å². The summed E-state index contributed by atoms with van der Waals surface area (Å²) in [5.41, 5.74) is 0. The van der Waals surface area contributed by atoms with Crippen molar-refractivity contribution in [2.75, 3.05) is 13.2 Å². The van der Waals surface area contributed by atoms with Crippen molar-refractivity contribution in [1.29, 1.82) is 0 Å². The van der Waals surface area contributed by atoms with E-state index in [4.69, 9.17) is 14.2 Å². The van der Waals surface area contributed by atoms with E-state index >= 15 is 0 Å². The molecule has 0 heterocycles. The molecule has 0 spiro atoms. The van der Waals surface area contributed by atoms with E-state index in [0.717, 1.165) is 75.5 Å². The minimum absolute atomic E-state index is 0.0649. The zero-order valence-corrected chi connectivity index (χ0v) is 40.5. The molecule has 0 radical (unpaired) electrons. The Hall–Kier alpha value is -1.59. The molecule has 0 aromatic carbocycles. The summed E-state index contributed by atoms with van der Waals surface area (Å²) in [5.74, 6) is 1.61. The lowest BCUT2D eigenvalue weighted by molar-refractivity contribution is -0.167. The Balaban J connectivity index is 4.32. The van der Waals surface area contributed by atoms with Gasteiger partial charge in [0.1, 0.15) is 13.2 Å². The van der Waals surface area contributed by atoms with Crippen LogP contribution in [0.4, 0.5) is 0 Å². The van der Waals surface area contributed by atoms with Crippen LogP contribution in [0.25, 0.3) is 0 Å². The first-order chi connectivity index (χ1) is 28.6. The zero-order chi connectivity index (χ0) is 43.4. The van der Waals surface area contributed by atoms with Crippen LogP contribution in [0, 0.1) is 17.8 Å². The standard InChI is InChI=1S/C53H102O6/c1-47(2)39-33-27-21-15-10-8-7-9-11-19-26-32-38-44-53(56)59-50(46-58-52(55)43-37-31-25-20-14-17-23-29-35-41-49(5)6)45-57-51(54)42-36-30-24-18-13-12-16-22-28-34-40-48(3)4/h47-50H,7-46H2,1-6H3/t50-/m0/s1. The topological polar surface area (TPSA) is 78.9 Å². The van der Waals surface area contributed by atoms with Gasteiger partial charge in [-0.1, -0.05) is 247 Å². The van der Waals surface area contributed by atoms with Crippen LogP contribution in [0.15, 0.2) is 0 Å². The first kappa shape index (κ1) is 57.4. The van der Waals surface area contributed by atoms with E-state index in [1.165, 1.54) is 167 Å². The Morgan fingerprint density at radius 1 is 0.288 bits per heavy atom. The molecule has 0 aliphatic carbocycles. The van der Waals surface area contributed by atoms with E-state index in [1.54, 1.807) is 0 Å². The van der Waals surface area contributed by atoms with Gasteiger partial charge in [-0.25, -0.2) is 0 Å². The molecular weight excluding hydrogens is 733 g/mol. The summed E-state index contributed by atoms with van der Waals surface area (Å²) in [5, 5.41) is 0. The summed E-state index contributed by atoms with van der Waals surface area (Å²) in [6.07, 6.45) is 43.8. The predicted octanol–water partition coefficient (Wildman–Crippen LogP) is 16.8. The molecule has 0 aromatic rings. The number of rotatable bonds is 46. The van der Waals surface area contributed by atoms with Crippen molar-refractivity contribution in [3.8, 4) is 0 Å². The molecular formula is C53H102O6. The van der Waals surface area contributed by atoms with Gasteiger partial charge in [-0.05, 0) is 37.0 Å². The molecule has 0 unspecified atom stereocenters. The monoisotopic (exact) mass is 835 g/mol. The maximum absolute atomic E-state index is 12.8. The van der Waals surface area contributed by atoms with Crippen molar-refractivity contribution in [3.63, 3.8) is 0 Å². The van der Waals surface area contributed by atoms with Crippen LogP contribution in [0.5, 0.6) is 0 Å². The maximum Gasteiger partial charge on any atom is 0.306 e. The molecule has 0 fully saturated rings. The Bertz CT molecular complexity index is 914. The smallest absolute Gasteiger partial charge is 0.306 e. The number of hydrogen-bond acceptors (Lipinski definition) is 6. The number of carbonyl (C=O) groups excluding carboxylic acids is 3. The second-order valence-electron chi connectivity index (χ2n) is 19.6. The fourth-order valence-corrected chi connectivity index (χ4v) is 7.94. The molecule has 6 nitrogen and oxygen atoms in total. The van der Waals surface area contributed by atoms with Crippen LogP contribution in [-0.4, -0.2) is 37.2 Å². The zero-order valence-electron chi connectivity index (χ0n) is 40.5. The second-order valence-corrected chi connectivity index (χ2v) is 19.6. The molecule has 0 aliphatic rings. The highest BCUT2D eigenvalue weighted by Gasteiger charge is 2.19. The Morgan fingerprint density at radius 3 is 0.729 bits per heavy atom. The van der Waals surface area contributed by atoms with Gasteiger partial charge in [-0.2, -0.15) is 0 Å². The van der Waals surface area contributed by atoms with Crippen LogP contribution in [0.3, 0.4) is 0 Å². The van der Waals surface area contributed by atoms with E-state index in [1.807, 2.05) is 0 Å². The van der Waals surface area contributed by atoms with Gasteiger partial charge in [0.25, 0.3) is 0 Å². The molecule has 0 aromatic heterocycles. The fraction of sp³-hybridized carbons (Fsp3) is 0.943. The summed E-state index contributed by atoms with van der Waals surface area (Å²) in [6, 6.07) is 0. The molecule has 0 saturated carbocycles. The quantitative estimate of drug-likeness (QED) is 0.0345. The van der Waals surface area contributed by atoms with Crippen molar-refractivity contribution in [3.05, 3.63) is 0 Å². The normalized spacial score (nSPS) is 12.2. The average Bonchev–Trinajstić information content (AvgIpc) is 3.19. The number of hydrogen-bond donors (Lipinski definition) is 0. The first-order valence-corrected chi connectivity index (χ1v) is 26.1. The van der Waals surface area contributed by atoms with Crippen molar-refractivity contribution < 1.29 is 28.6 Å². The Labute approximate surface area is 368 Å². The van der Waals surface area contributed by atoms with Gasteiger partial charge in [0.2, 0.25) is 0 Å². The van der Waals surface area contributed by atoms with Crippen LogP contribution in [-0.2, 0) is 28.6 Å². The van der Waals surface area contributed by atoms with Crippen molar-refractivity contribution >= 4 is 17.9 Å². The van der Waals surface area contributed by atoms with Gasteiger partial charge < -0.3 is 14.2 Å². The second kappa shape index (κ2) is 44.5. The summed E-state index contributed by atoms with van der Waals surface area (Å²) in [6.45, 7) is 13.7. The summed E-state index contributed by atoms with van der Waals surface area (Å²) >= 11 is 0. The largest absolute Gasteiger partial charge is 0.462 e. The van der Waals surface area contributed by atoms with Crippen molar-refractivity contribution in [2.45, 2.75) is 292 Å². The highest BCUT2D eigenvalue weighted by Crippen LogP contribution is 2.18. The van der Waals surface area contributed by atoms with Gasteiger partial charge in [-0.15, -0.1) is 0 Å². The van der Waals surface area contributed by atoms with Crippen LogP contribution < -0.4 is 0 Å². The van der Waals surface area contributed by atoms with Crippen LogP contribution in [0.1, 0.15) is 286 Å². The number of carbonyl (C=O) groups is 3. The van der Waals surface area contributed by atoms with Gasteiger partial charge in [-0.3, -0.25) is 14.4 Å². The van der Waals surface area contributed by atoms with Crippen LogP contribution >= 0.6 is 0 Å². The van der Waals surface area contributed by atoms with Crippen molar-refractivity contribution in [1.82, 2.24) is 0 Å². The fourth-order valence-electron chi connectivity index (χ4n) is 7.94. The Kier molecular flexibility index (Phi) is 43.3. The summed E-state index contributed by atoms with van der Waals surface area (Å²) in [7, 11) is 0. The lowest BCUT2D eigenvalue weighted by Gasteiger charge is -2.18. The summed E-state index contributed by atoms with van der Waals surface area (Å²) in [4.78, 5) is 37.9. The highest BCUT2D eigenvalue weighted by molar-refractivity contribution is 5.71. The van der Waals surface area contributed by atoms with Gasteiger partial charge >= 0.3 is 17.9 Å². The van der Waals surface area contributed by atoms with E-state index in [2.05, 4.69) is 41.5 Å². The maximum atomic E-state index is 12.8. The molecule has 6 heteroatoms. The van der Waals surface area contributed by atoms with E-state index < -0.39 is 6.10 Å². The minimum Gasteiger partial charge on any atom is -0.462 e. The third-order valence-electron chi connectivity index (χ3n) is 11.9. The van der Waals surface area contributed by atoms with Gasteiger partial charge in [0.15, 0.2) is 6.10 Å². The number of esters is 3. The lowest BCUT2D eigenvalue weighted by atomic mass is 10.0. The van der Waals surface area contributed by atoms with E-state index in [0.29, 0.717) is 19.3 Å². The van der Waals surface area contributed by atoms with E-state index in [-0.39, 0.29) is 31.1 Å². The molecule has 59 heavy (non-hydrogen) atoms. The predicted molar refractivity (Wildman–Crippen MR) is 252 cm³/mol. The molecule has 0 bridgehead atoms. The molecule has 0 saturated heterocycles. The number of ether oxygens (including phenoxy) is 3. The molecule has 350 valence electrons. The lowest BCUT2D eigenvalue weighted by Crippen LogP contribution is -2.30. The SMILES string of the molecule is CC(C)CCCCCCCCCCCCCCCC(=O)O[C@@H](COC(=O)CCCCCCCCCCCCC(C)C)COC(=O)CCCCCCCCCCCC(C)C. The van der Waals surface area contributed by atoms with Gasteiger partial charge in [0.05, 0.1) is 0 Å². The van der Waals surface area contributed by atoms with Gasteiger partial charge in [0, 0.05) is 19.3 Å². The van der Waals surface area contributed by atoms with E-state index in [9.17, 15) is 14.4 Å². The Morgan fingerprint density at radius 2 is 0.492 bits per heavy atom. The number of unbranched alkanes of at least 4 members (excludes halogenated alkanes) is 29. The molecule has 0 rings (SSSR count). The third-order valence-corrected chi connectivity index (χ3v) is 11.9. The first-order valence-electron chi connectivity index (χ1n) is 26.1. The molecule has 0 amide bonds. The molecule has 1 atom stereocenters. The third kappa shape index (κ3) is 47.3. The average molecular weight is 835 g/mol.